The number of hydrogen-bond acceptors (Lipinski definition) is 19. The summed E-state index contributed by atoms with van der Waals surface area (Å²) in [6, 6.07) is 36.9. The van der Waals surface area contributed by atoms with Crippen LogP contribution < -0.4 is 17.4 Å². The predicted octanol–water partition coefficient (Wildman–Crippen LogP) is 11.6. The SMILES string of the molecule is NOC(c1ccccc1)c1cc2ccccc2c(N=Nc2cc([N+](=O)[O-])cc([N+](=O)[O-])c2O)c1O.O=C(Nc1ccccc1)c1cc2ccccc2c(N=Nc2cc([N+](=O)[O-])cc([N+](=O)[O-])c2O)c1O.[Cr].[NH4+]. The summed E-state index contributed by atoms with van der Waals surface area (Å²) in [5.41, 5.74) is -3.22. The molecule has 26 heteroatoms. The monoisotopic (exact) mass is 1020 g/mol. The number of phenols is 4. The van der Waals surface area contributed by atoms with Crippen molar-refractivity contribution in [3.63, 3.8) is 0 Å². The number of anilines is 1. The number of fused-ring (bicyclic) bond motifs is 2. The van der Waals surface area contributed by atoms with Crippen molar-refractivity contribution in [2.24, 2.45) is 26.4 Å². The van der Waals surface area contributed by atoms with Gasteiger partial charge in [-0.2, -0.15) is 0 Å². The number of azo groups is 2. The number of hydrogen-bond donors (Lipinski definition) is 7. The standard InChI is InChI=1S/C23H15N5O7.C23H17N5O7.Cr.H3N/c29-21-17(23(31)24-14-7-2-1-3-8-14)10-13-6-4-5-9-16(13)20(21)26-25-18-11-15(27(32)33)12-19(22(18)30)28(34)35;24-35-23(13-6-2-1-3-7-13)17-10-14-8-4-5-9-16(14)20(21(17)29)26-25-18-11-15(27(31)32)12-19(22(18)30)28(33)34;;/h1-12,29-30H,(H,24,31);1-12,23,29-30H,24H2;;1H3/p+1. The second kappa shape index (κ2) is 23.0. The van der Waals surface area contributed by atoms with Crippen molar-refractivity contribution in [2.75, 3.05) is 5.32 Å². The molecule has 0 saturated heterocycles. The van der Waals surface area contributed by atoms with Gasteiger partial charge in [-0.05, 0) is 40.6 Å². The van der Waals surface area contributed by atoms with Gasteiger partial charge in [-0.3, -0.25) is 50.1 Å². The number of carbonyl (C=O) groups excluding carboxylic acids is 1. The molecule has 0 aliphatic heterocycles. The van der Waals surface area contributed by atoms with Gasteiger partial charge in [0.05, 0.1) is 37.4 Å². The largest absolute Gasteiger partial charge is 0.505 e. The molecule has 0 saturated carbocycles. The maximum atomic E-state index is 12.9. The number of nitrogens with zero attached hydrogens (tertiary/aromatic N) is 8. The van der Waals surface area contributed by atoms with Crippen LogP contribution in [0.2, 0.25) is 0 Å². The molecule has 8 rings (SSSR count). The van der Waals surface area contributed by atoms with Gasteiger partial charge in [0.25, 0.3) is 17.3 Å². The van der Waals surface area contributed by atoms with E-state index in [2.05, 4.69) is 25.8 Å². The third-order valence-corrected chi connectivity index (χ3v) is 10.3. The van der Waals surface area contributed by atoms with Crippen LogP contribution in [0.3, 0.4) is 0 Å². The zero-order valence-electron chi connectivity index (χ0n) is 36.9. The molecule has 0 aromatic heterocycles. The van der Waals surface area contributed by atoms with Crippen molar-refractivity contribution in [1.29, 1.82) is 0 Å². The van der Waals surface area contributed by atoms with Crippen molar-refractivity contribution in [2.45, 2.75) is 6.10 Å². The third kappa shape index (κ3) is 11.4. The molecule has 0 heterocycles. The van der Waals surface area contributed by atoms with E-state index in [1.54, 1.807) is 109 Å². The fourth-order valence-electron chi connectivity index (χ4n) is 6.94. The van der Waals surface area contributed by atoms with Crippen LogP contribution in [-0.4, -0.2) is 46.0 Å². The molecule has 1 atom stereocenters. The average molecular weight is 1020 g/mol. The number of quaternary nitrogens is 1. The number of rotatable bonds is 13. The molecule has 8 aromatic carbocycles. The van der Waals surface area contributed by atoms with Gasteiger partial charge in [-0.15, -0.1) is 20.5 Å². The topological polar surface area (TPSA) is 404 Å². The van der Waals surface area contributed by atoms with E-state index in [0.717, 1.165) is 12.1 Å². The van der Waals surface area contributed by atoms with Crippen LogP contribution in [0.15, 0.2) is 166 Å². The molecule has 0 radical (unpaired) electrons. The molecule has 1 amide bonds. The minimum absolute atomic E-state index is 0. The number of carbonyl (C=O) groups is 1. The molecule has 0 spiro atoms. The second-order valence-electron chi connectivity index (χ2n) is 14.6. The molecule has 72 heavy (non-hydrogen) atoms. The number of nitrogens with two attached hydrogens (primary N) is 1. The van der Waals surface area contributed by atoms with E-state index in [0.29, 0.717) is 44.9 Å². The Hall–Kier alpha value is -9.84. The van der Waals surface area contributed by atoms with Gasteiger partial charge in [0, 0.05) is 51.5 Å². The summed E-state index contributed by atoms with van der Waals surface area (Å²) in [7, 11) is 0. The summed E-state index contributed by atoms with van der Waals surface area (Å²) in [5, 5.41) is 107. The fourth-order valence-corrected chi connectivity index (χ4v) is 6.94. The number of phenolic OH excluding ortho intramolecular Hbond substituents is 4. The summed E-state index contributed by atoms with van der Waals surface area (Å²) in [5.74, 6) is 2.19. The van der Waals surface area contributed by atoms with Crippen molar-refractivity contribution in [1.82, 2.24) is 6.15 Å². The fraction of sp³-hybridized carbons (Fsp3) is 0.0217. The molecule has 11 N–H and O–H groups in total. The number of non-ortho nitro benzene ring substituents is 2. The molecular formula is C46H36CrN11O14+. The van der Waals surface area contributed by atoms with Crippen LogP contribution in [0.5, 0.6) is 23.0 Å². The normalized spacial score (nSPS) is 11.2. The van der Waals surface area contributed by atoms with Crippen molar-refractivity contribution < 1.29 is 67.1 Å². The van der Waals surface area contributed by atoms with Gasteiger partial charge < -0.3 is 31.9 Å². The minimum Gasteiger partial charge on any atom is -0.505 e. The van der Waals surface area contributed by atoms with E-state index in [4.69, 9.17) is 10.7 Å². The first-order chi connectivity index (χ1) is 33.6. The Labute approximate surface area is 414 Å². The quantitative estimate of drug-likeness (QED) is 0.0320. The van der Waals surface area contributed by atoms with Crippen LogP contribution in [-0.2, 0) is 22.2 Å². The Morgan fingerprint density at radius 2 is 0.972 bits per heavy atom. The molecule has 0 aliphatic rings. The molecule has 364 valence electrons. The van der Waals surface area contributed by atoms with Gasteiger partial charge in [-0.25, -0.2) is 5.90 Å². The summed E-state index contributed by atoms with van der Waals surface area (Å²) in [4.78, 5) is 59.1. The van der Waals surface area contributed by atoms with E-state index < -0.39 is 83.1 Å². The molecule has 25 nitrogen and oxygen atoms in total. The summed E-state index contributed by atoms with van der Waals surface area (Å²) >= 11 is 0. The summed E-state index contributed by atoms with van der Waals surface area (Å²) in [6.45, 7) is 0. The molecular weight excluding hydrogens is 983 g/mol. The first-order valence-corrected chi connectivity index (χ1v) is 20.0. The zero-order chi connectivity index (χ0) is 50.2. The second-order valence-corrected chi connectivity index (χ2v) is 14.6. The Balaban J connectivity index is 0.000000260. The Morgan fingerprint density at radius 3 is 1.43 bits per heavy atom. The van der Waals surface area contributed by atoms with E-state index in [9.17, 15) is 65.7 Å². The molecule has 0 fully saturated rings. The Kier molecular flexibility index (Phi) is 17.0. The predicted molar refractivity (Wildman–Crippen MR) is 256 cm³/mol. The minimum atomic E-state index is -0.997. The van der Waals surface area contributed by atoms with Gasteiger partial charge >= 0.3 is 11.4 Å². The van der Waals surface area contributed by atoms with E-state index >= 15 is 0 Å². The number of nitro groups is 4. The molecule has 0 aliphatic carbocycles. The number of nitrogens with one attached hydrogen (secondary N) is 1. The van der Waals surface area contributed by atoms with Gasteiger partial charge in [0.1, 0.15) is 34.6 Å². The number of benzene rings is 8. The van der Waals surface area contributed by atoms with Crippen LogP contribution in [0, 0.1) is 40.5 Å². The van der Waals surface area contributed by atoms with Gasteiger partial charge in [-0.1, -0.05) is 97.1 Å². The van der Waals surface area contributed by atoms with E-state index in [1.165, 1.54) is 6.07 Å². The third-order valence-electron chi connectivity index (χ3n) is 10.3. The maximum absolute atomic E-state index is 12.9. The Bertz CT molecular complexity index is 3460. The van der Waals surface area contributed by atoms with E-state index in [-0.39, 0.29) is 51.8 Å². The summed E-state index contributed by atoms with van der Waals surface area (Å²) in [6.07, 6.45) is -0.873. The maximum Gasteiger partial charge on any atom is 0.319 e. The van der Waals surface area contributed by atoms with Crippen LogP contribution >= 0.6 is 0 Å². The molecule has 8 aromatic rings. The Morgan fingerprint density at radius 1 is 0.542 bits per heavy atom. The first-order valence-electron chi connectivity index (χ1n) is 20.0. The van der Waals surface area contributed by atoms with Gasteiger partial charge in [0.15, 0.2) is 5.75 Å². The van der Waals surface area contributed by atoms with Gasteiger partial charge in [0.2, 0.25) is 11.5 Å². The number of para-hydroxylation sites is 1. The van der Waals surface area contributed by atoms with Crippen LogP contribution in [0.25, 0.3) is 21.5 Å². The average Bonchev–Trinajstić information content (AvgIpc) is 3.35. The van der Waals surface area contributed by atoms with Crippen LogP contribution in [0.4, 0.5) is 51.2 Å². The number of aromatic hydroxyl groups is 4. The van der Waals surface area contributed by atoms with Crippen molar-refractivity contribution >= 4 is 78.6 Å². The molecule has 1 unspecified atom stereocenters. The van der Waals surface area contributed by atoms with Crippen LogP contribution in [0.1, 0.15) is 27.6 Å². The number of amides is 1. The first kappa shape index (κ1) is 53.1. The number of nitro benzene ring substituents is 4. The smallest absolute Gasteiger partial charge is 0.319 e. The zero-order valence-corrected chi connectivity index (χ0v) is 38.1. The van der Waals surface area contributed by atoms with Crippen molar-refractivity contribution in [3.8, 4) is 23.0 Å². The molecule has 0 bridgehead atoms. The van der Waals surface area contributed by atoms with Crippen molar-refractivity contribution in [3.05, 3.63) is 203 Å². The van der Waals surface area contributed by atoms with E-state index in [1.807, 2.05) is 6.07 Å². The summed E-state index contributed by atoms with van der Waals surface area (Å²) < 4.78 is 0.